The van der Waals surface area contributed by atoms with Crippen LogP contribution in [0.4, 0.5) is 15.8 Å². The van der Waals surface area contributed by atoms with Crippen LogP contribution < -0.4 is 10.6 Å². The molecule has 0 bridgehead atoms. The number of halogens is 1. The van der Waals surface area contributed by atoms with Crippen molar-refractivity contribution in [3.63, 3.8) is 0 Å². The fourth-order valence-electron chi connectivity index (χ4n) is 2.10. The first-order valence-corrected chi connectivity index (χ1v) is 7.51. The van der Waals surface area contributed by atoms with E-state index >= 15 is 0 Å². The molecule has 5 heteroatoms. The number of aryl methyl sites for hydroxylation is 1. The van der Waals surface area contributed by atoms with Crippen LogP contribution in [0.15, 0.2) is 48.5 Å². The molecule has 0 spiro atoms. The molecule has 2 aromatic carbocycles. The second kappa shape index (κ2) is 8.08. The minimum absolute atomic E-state index is 0.0898. The van der Waals surface area contributed by atoms with Gasteiger partial charge in [-0.1, -0.05) is 31.2 Å². The zero-order valence-corrected chi connectivity index (χ0v) is 12.9. The van der Waals surface area contributed by atoms with E-state index in [4.69, 9.17) is 0 Å². The second-order valence-electron chi connectivity index (χ2n) is 5.12. The Morgan fingerprint density at radius 2 is 1.61 bits per heavy atom. The lowest BCUT2D eigenvalue weighted by Crippen LogP contribution is -2.13. The molecule has 0 aromatic heterocycles. The Kier molecular flexibility index (Phi) is 5.86. The molecule has 2 aromatic rings. The number of carbonyl (C=O) groups is 2. The van der Waals surface area contributed by atoms with Crippen LogP contribution in [-0.2, 0) is 16.0 Å². The van der Waals surface area contributed by atoms with Gasteiger partial charge in [-0.2, -0.15) is 0 Å². The fourth-order valence-corrected chi connectivity index (χ4v) is 2.10. The van der Waals surface area contributed by atoms with Crippen LogP contribution >= 0.6 is 0 Å². The molecule has 2 N–H and O–H groups in total. The molecular formula is C18H19FN2O2. The van der Waals surface area contributed by atoms with Crippen molar-refractivity contribution in [1.29, 1.82) is 0 Å². The normalized spacial score (nSPS) is 10.2. The van der Waals surface area contributed by atoms with Crippen molar-refractivity contribution in [3.8, 4) is 0 Å². The predicted molar refractivity (Wildman–Crippen MR) is 88.7 cm³/mol. The Labute approximate surface area is 134 Å². The Balaban J connectivity index is 1.91. The van der Waals surface area contributed by atoms with E-state index in [-0.39, 0.29) is 24.1 Å². The zero-order chi connectivity index (χ0) is 16.7. The molecule has 0 heterocycles. The smallest absolute Gasteiger partial charge is 0.224 e. The molecule has 0 saturated heterocycles. The molecule has 0 aliphatic rings. The molecule has 0 unspecified atom stereocenters. The van der Waals surface area contributed by atoms with Gasteiger partial charge in [0.25, 0.3) is 0 Å². The van der Waals surface area contributed by atoms with Crippen LogP contribution in [0.25, 0.3) is 0 Å². The summed E-state index contributed by atoms with van der Waals surface area (Å²) in [5.41, 5.74) is 1.74. The molecule has 0 radical (unpaired) electrons. The summed E-state index contributed by atoms with van der Waals surface area (Å²) in [6.45, 7) is 1.77. The highest BCUT2D eigenvalue weighted by Crippen LogP contribution is 2.16. The van der Waals surface area contributed by atoms with Gasteiger partial charge in [0.2, 0.25) is 11.8 Å². The fraction of sp³-hybridized carbons (Fsp3) is 0.222. The van der Waals surface area contributed by atoms with Crippen molar-refractivity contribution < 1.29 is 14.0 Å². The first kappa shape index (κ1) is 16.7. The number of nitrogens with one attached hydrogen (secondary N) is 2. The van der Waals surface area contributed by atoms with E-state index in [1.807, 2.05) is 0 Å². The lowest BCUT2D eigenvalue weighted by atomic mass is 10.1. The number of hydrogen-bond acceptors (Lipinski definition) is 2. The maximum Gasteiger partial charge on any atom is 0.224 e. The van der Waals surface area contributed by atoms with Crippen LogP contribution in [0, 0.1) is 5.82 Å². The number of anilines is 2. The lowest BCUT2D eigenvalue weighted by molar-refractivity contribution is -0.116. The van der Waals surface area contributed by atoms with E-state index in [1.54, 1.807) is 49.4 Å². The quantitative estimate of drug-likeness (QED) is 0.853. The Morgan fingerprint density at radius 3 is 2.26 bits per heavy atom. The van der Waals surface area contributed by atoms with Crippen LogP contribution in [0.2, 0.25) is 0 Å². The van der Waals surface area contributed by atoms with Crippen molar-refractivity contribution in [2.75, 3.05) is 10.6 Å². The van der Waals surface area contributed by atoms with Gasteiger partial charge in [0.15, 0.2) is 0 Å². The predicted octanol–water partition coefficient (Wildman–Crippen LogP) is 3.75. The maximum atomic E-state index is 13.5. The van der Waals surface area contributed by atoms with Gasteiger partial charge in [-0.3, -0.25) is 9.59 Å². The third-order valence-electron chi connectivity index (χ3n) is 3.33. The molecule has 2 rings (SSSR count). The highest BCUT2D eigenvalue weighted by atomic mass is 19.1. The third kappa shape index (κ3) is 5.21. The minimum atomic E-state index is -0.301. The summed E-state index contributed by atoms with van der Waals surface area (Å²) < 4.78 is 13.5. The highest BCUT2D eigenvalue weighted by molar-refractivity contribution is 5.94. The molecular weight excluding hydrogens is 295 g/mol. The van der Waals surface area contributed by atoms with Crippen LogP contribution in [0.5, 0.6) is 0 Å². The summed E-state index contributed by atoms with van der Waals surface area (Å²) in [6, 6.07) is 13.3. The van der Waals surface area contributed by atoms with Crippen molar-refractivity contribution in [3.05, 3.63) is 59.9 Å². The topological polar surface area (TPSA) is 58.2 Å². The number of benzene rings is 2. The van der Waals surface area contributed by atoms with Gasteiger partial charge in [0, 0.05) is 24.2 Å². The van der Waals surface area contributed by atoms with Gasteiger partial charge in [0.1, 0.15) is 5.82 Å². The summed E-state index contributed by atoms with van der Waals surface area (Å²) in [5.74, 6) is -0.593. The Morgan fingerprint density at radius 1 is 0.957 bits per heavy atom. The first-order chi connectivity index (χ1) is 11.1. The summed E-state index contributed by atoms with van der Waals surface area (Å²) in [6.07, 6.45) is 0.913. The largest absolute Gasteiger partial charge is 0.326 e. The number of hydrogen-bond donors (Lipinski definition) is 2. The van der Waals surface area contributed by atoms with Gasteiger partial charge < -0.3 is 10.6 Å². The summed E-state index contributed by atoms with van der Waals surface area (Å²) in [4.78, 5) is 23.3. The van der Waals surface area contributed by atoms with Crippen LogP contribution in [-0.4, -0.2) is 11.8 Å². The first-order valence-electron chi connectivity index (χ1n) is 7.51. The van der Waals surface area contributed by atoms with E-state index < -0.39 is 0 Å². The van der Waals surface area contributed by atoms with Crippen molar-refractivity contribution in [2.45, 2.75) is 26.2 Å². The Bertz CT molecular complexity index is 701. The molecule has 0 saturated carbocycles. The van der Waals surface area contributed by atoms with Gasteiger partial charge in [0.05, 0.1) is 0 Å². The number of amides is 2. The number of rotatable bonds is 6. The van der Waals surface area contributed by atoms with E-state index in [0.29, 0.717) is 29.8 Å². The molecule has 0 atom stereocenters. The molecule has 0 aliphatic heterocycles. The highest BCUT2D eigenvalue weighted by Gasteiger charge is 2.07. The van der Waals surface area contributed by atoms with Crippen molar-refractivity contribution in [1.82, 2.24) is 0 Å². The monoisotopic (exact) mass is 314 g/mol. The number of carbonyl (C=O) groups excluding carboxylic acids is 2. The average molecular weight is 314 g/mol. The summed E-state index contributed by atoms with van der Waals surface area (Å²) in [7, 11) is 0. The Hall–Kier alpha value is -2.69. The molecule has 120 valence electrons. The molecule has 2 amide bonds. The van der Waals surface area contributed by atoms with Gasteiger partial charge >= 0.3 is 0 Å². The van der Waals surface area contributed by atoms with Crippen LogP contribution in [0.1, 0.15) is 25.3 Å². The average Bonchev–Trinajstić information content (AvgIpc) is 2.54. The van der Waals surface area contributed by atoms with E-state index in [9.17, 15) is 14.0 Å². The van der Waals surface area contributed by atoms with E-state index in [0.717, 1.165) is 0 Å². The van der Waals surface area contributed by atoms with Crippen molar-refractivity contribution >= 4 is 23.2 Å². The summed E-state index contributed by atoms with van der Waals surface area (Å²) in [5, 5.41) is 5.48. The van der Waals surface area contributed by atoms with E-state index in [1.165, 1.54) is 6.07 Å². The third-order valence-corrected chi connectivity index (χ3v) is 3.33. The zero-order valence-electron chi connectivity index (χ0n) is 12.9. The van der Waals surface area contributed by atoms with Crippen LogP contribution in [0.3, 0.4) is 0 Å². The summed E-state index contributed by atoms with van der Waals surface area (Å²) >= 11 is 0. The molecule has 4 nitrogen and oxygen atoms in total. The van der Waals surface area contributed by atoms with Gasteiger partial charge in [-0.15, -0.1) is 0 Å². The standard InChI is InChI=1S/C18H19FN2O2/c1-2-17(22)20-14-7-5-8-15(12-14)21-18(23)11-10-13-6-3-4-9-16(13)19/h3-9,12H,2,10-11H2,1H3,(H,20,22)(H,21,23). The SMILES string of the molecule is CCC(=O)Nc1cccc(NC(=O)CCc2ccccc2F)c1. The van der Waals surface area contributed by atoms with E-state index in [2.05, 4.69) is 10.6 Å². The molecule has 23 heavy (non-hydrogen) atoms. The second-order valence-corrected chi connectivity index (χ2v) is 5.12. The van der Waals surface area contributed by atoms with Gasteiger partial charge in [-0.05, 0) is 36.2 Å². The van der Waals surface area contributed by atoms with Gasteiger partial charge in [-0.25, -0.2) is 4.39 Å². The maximum absolute atomic E-state index is 13.5. The van der Waals surface area contributed by atoms with Crippen molar-refractivity contribution in [2.24, 2.45) is 0 Å². The minimum Gasteiger partial charge on any atom is -0.326 e. The lowest BCUT2D eigenvalue weighted by Gasteiger charge is -2.08. The molecule has 0 fully saturated rings. The molecule has 0 aliphatic carbocycles.